The van der Waals surface area contributed by atoms with E-state index in [1.165, 1.54) is 11.1 Å². The van der Waals surface area contributed by atoms with Gasteiger partial charge in [0.15, 0.2) is 6.61 Å². The minimum atomic E-state index is -1.04. The molecule has 0 amide bonds. The van der Waals surface area contributed by atoms with Crippen molar-refractivity contribution in [2.45, 2.75) is 58.2 Å². The Morgan fingerprint density at radius 2 is 1.74 bits per heavy atom. The Labute approximate surface area is 230 Å². The molecule has 3 aromatic rings. The first-order valence-electron chi connectivity index (χ1n) is 12.9. The van der Waals surface area contributed by atoms with Crippen LogP contribution in [0.4, 0.5) is 0 Å². The quantitative estimate of drug-likeness (QED) is 0.278. The fourth-order valence-electron chi connectivity index (χ4n) is 5.02. The van der Waals surface area contributed by atoms with E-state index < -0.39 is 12.6 Å². The molecular weight excluding hydrogens is 500 g/mol. The summed E-state index contributed by atoms with van der Waals surface area (Å²) in [5.41, 5.74) is 4.30. The Bertz CT molecular complexity index is 1270. The maximum Gasteiger partial charge on any atom is 0.341 e. The normalized spacial score (nSPS) is 21.2. The highest BCUT2D eigenvalue weighted by molar-refractivity contribution is 6.30. The number of ether oxygens (including phenoxy) is 3. The van der Waals surface area contributed by atoms with Crippen LogP contribution in [-0.2, 0) is 9.53 Å². The topological polar surface area (TPSA) is 65.0 Å². The number of aliphatic carboxylic acids is 1. The van der Waals surface area contributed by atoms with Gasteiger partial charge in [0.2, 0.25) is 0 Å². The number of halogens is 1. The Balaban J connectivity index is 1.66. The van der Waals surface area contributed by atoms with Gasteiger partial charge in [0.05, 0.1) is 12.2 Å². The van der Waals surface area contributed by atoms with Gasteiger partial charge in [-0.1, -0.05) is 61.9 Å². The number of carboxylic acids is 1. The Morgan fingerprint density at radius 3 is 2.34 bits per heavy atom. The highest BCUT2D eigenvalue weighted by Crippen LogP contribution is 2.49. The average Bonchev–Trinajstić information content (AvgIpc) is 2.89. The summed E-state index contributed by atoms with van der Waals surface area (Å²) < 4.78 is 18.5. The first kappa shape index (κ1) is 27.7. The van der Waals surface area contributed by atoms with Crippen molar-refractivity contribution in [2.24, 2.45) is 5.92 Å². The van der Waals surface area contributed by atoms with Crippen LogP contribution in [-0.4, -0.2) is 23.8 Å². The predicted molar refractivity (Wildman–Crippen MR) is 151 cm³/mol. The summed E-state index contributed by atoms with van der Waals surface area (Å²) in [6, 6.07) is 21.3. The fourth-order valence-corrected chi connectivity index (χ4v) is 5.14. The van der Waals surface area contributed by atoms with Crippen molar-refractivity contribution in [3.05, 3.63) is 101 Å². The molecule has 0 saturated carbocycles. The molecule has 0 aliphatic carbocycles. The van der Waals surface area contributed by atoms with E-state index in [-0.39, 0.29) is 24.0 Å². The van der Waals surface area contributed by atoms with E-state index in [2.05, 4.69) is 51.6 Å². The van der Waals surface area contributed by atoms with E-state index >= 15 is 0 Å². The van der Waals surface area contributed by atoms with Crippen molar-refractivity contribution < 1.29 is 24.1 Å². The third-order valence-corrected chi connectivity index (χ3v) is 7.41. The van der Waals surface area contributed by atoms with Crippen molar-refractivity contribution in [3.8, 4) is 17.2 Å². The van der Waals surface area contributed by atoms with Crippen LogP contribution >= 0.6 is 11.6 Å². The van der Waals surface area contributed by atoms with E-state index in [9.17, 15) is 9.90 Å². The van der Waals surface area contributed by atoms with Gasteiger partial charge in [-0.05, 0) is 79.8 Å². The lowest BCUT2D eigenvalue weighted by atomic mass is 9.75. The third kappa shape index (κ3) is 6.58. The molecule has 0 aromatic heterocycles. The average molecular weight is 535 g/mol. The van der Waals surface area contributed by atoms with Crippen LogP contribution in [0.25, 0.3) is 0 Å². The van der Waals surface area contributed by atoms with Crippen LogP contribution in [0.15, 0.2) is 78.9 Å². The van der Waals surface area contributed by atoms with E-state index in [1.807, 2.05) is 13.0 Å². The number of carboxylic acid groups (broad SMARTS) is 1. The number of hydrogen-bond acceptors (Lipinski definition) is 4. The number of hydrogen-bond donors (Lipinski definition) is 1. The largest absolute Gasteiger partial charge is 0.482 e. The second kappa shape index (κ2) is 12.1. The highest BCUT2D eigenvalue weighted by Gasteiger charge is 2.39. The molecule has 38 heavy (non-hydrogen) atoms. The van der Waals surface area contributed by atoms with Crippen molar-refractivity contribution in [1.82, 2.24) is 0 Å². The fraction of sp³-hybridized carbons (Fsp3) is 0.344. The van der Waals surface area contributed by atoms with E-state index in [0.29, 0.717) is 28.2 Å². The van der Waals surface area contributed by atoms with Gasteiger partial charge in [-0.2, -0.15) is 0 Å². The molecule has 1 saturated heterocycles. The van der Waals surface area contributed by atoms with Gasteiger partial charge >= 0.3 is 5.97 Å². The zero-order valence-electron chi connectivity index (χ0n) is 22.3. The molecule has 0 spiro atoms. The van der Waals surface area contributed by atoms with Gasteiger partial charge in [-0.3, -0.25) is 0 Å². The molecule has 6 heteroatoms. The smallest absolute Gasteiger partial charge is 0.341 e. The van der Waals surface area contributed by atoms with Crippen molar-refractivity contribution in [3.63, 3.8) is 0 Å². The van der Waals surface area contributed by atoms with Gasteiger partial charge in [-0.25, -0.2) is 4.79 Å². The Morgan fingerprint density at radius 1 is 1.08 bits per heavy atom. The van der Waals surface area contributed by atoms with E-state index in [1.54, 1.807) is 36.4 Å². The standard InChI is InChI=1S/C32H35ClO5/c1-19(2)22-6-8-23(9-7-22)28-17-27(20(3)4)32(37-21(28)5)29-16-26(14-15-30(29)36-18-31(34)35)38-25-12-10-24(33)11-13-25/h6-16,19,21,27-28,32H,3,17-18H2,1-2,4-5H3,(H,34,35)/t21-,27+,28-,32-/m1/s1. The lowest BCUT2D eigenvalue weighted by Gasteiger charge is -2.42. The molecule has 1 heterocycles. The summed E-state index contributed by atoms with van der Waals surface area (Å²) in [4.78, 5) is 11.3. The predicted octanol–water partition coefficient (Wildman–Crippen LogP) is 8.55. The van der Waals surface area contributed by atoms with Crippen LogP contribution in [0.1, 0.15) is 68.7 Å². The van der Waals surface area contributed by atoms with Crippen molar-refractivity contribution in [2.75, 3.05) is 6.61 Å². The zero-order chi connectivity index (χ0) is 27.4. The van der Waals surface area contributed by atoms with Gasteiger partial charge in [0.1, 0.15) is 17.2 Å². The van der Waals surface area contributed by atoms with Gasteiger partial charge in [0, 0.05) is 22.4 Å². The maximum atomic E-state index is 11.3. The van der Waals surface area contributed by atoms with Gasteiger partial charge < -0.3 is 19.3 Å². The Hall–Kier alpha value is -3.28. The van der Waals surface area contributed by atoms with Crippen molar-refractivity contribution in [1.29, 1.82) is 0 Å². The molecule has 5 nitrogen and oxygen atoms in total. The minimum absolute atomic E-state index is 0.000986. The number of carbonyl (C=O) groups is 1. The van der Waals surface area contributed by atoms with Crippen LogP contribution in [0, 0.1) is 5.92 Å². The Kier molecular flexibility index (Phi) is 8.80. The molecule has 0 unspecified atom stereocenters. The van der Waals surface area contributed by atoms with Crippen LogP contribution in [0.2, 0.25) is 5.02 Å². The summed E-state index contributed by atoms with van der Waals surface area (Å²) in [6.07, 6.45) is 0.406. The molecule has 1 N–H and O–H groups in total. The third-order valence-electron chi connectivity index (χ3n) is 7.15. The highest BCUT2D eigenvalue weighted by atomic mass is 35.5. The molecular formula is C32H35ClO5. The summed E-state index contributed by atoms with van der Waals surface area (Å²) in [6.45, 7) is 12.3. The lowest BCUT2D eigenvalue weighted by Crippen LogP contribution is -2.34. The molecule has 1 aliphatic rings. The number of benzene rings is 3. The van der Waals surface area contributed by atoms with Crippen LogP contribution < -0.4 is 9.47 Å². The second-order valence-electron chi connectivity index (χ2n) is 10.3. The SMILES string of the molecule is C=C(C)[C@@H]1C[C@@H](c2ccc(C(C)C)cc2)[C@@H](C)O[C@H]1c1cc(Oc2ccc(Cl)cc2)ccc1OCC(=O)O. The van der Waals surface area contributed by atoms with Crippen LogP contribution in [0.5, 0.6) is 17.2 Å². The molecule has 0 bridgehead atoms. The first-order chi connectivity index (χ1) is 18.1. The summed E-state index contributed by atoms with van der Waals surface area (Å²) in [7, 11) is 0. The van der Waals surface area contributed by atoms with Gasteiger partial charge in [0.25, 0.3) is 0 Å². The zero-order valence-corrected chi connectivity index (χ0v) is 23.1. The monoisotopic (exact) mass is 534 g/mol. The van der Waals surface area contributed by atoms with E-state index in [0.717, 1.165) is 17.6 Å². The molecule has 0 radical (unpaired) electrons. The van der Waals surface area contributed by atoms with Crippen molar-refractivity contribution >= 4 is 17.6 Å². The molecule has 200 valence electrons. The summed E-state index contributed by atoms with van der Waals surface area (Å²) in [5, 5.41) is 9.86. The van der Waals surface area contributed by atoms with Crippen LogP contribution in [0.3, 0.4) is 0 Å². The summed E-state index contributed by atoms with van der Waals surface area (Å²) >= 11 is 6.01. The van der Waals surface area contributed by atoms with E-state index in [4.69, 9.17) is 25.8 Å². The van der Waals surface area contributed by atoms with Gasteiger partial charge in [-0.15, -0.1) is 0 Å². The maximum absolute atomic E-state index is 11.3. The molecule has 1 fully saturated rings. The molecule has 1 aliphatic heterocycles. The summed E-state index contributed by atoms with van der Waals surface area (Å²) in [5.74, 6) is 1.32. The molecule has 4 rings (SSSR count). The lowest BCUT2D eigenvalue weighted by molar-refractivity contribution is -0.139. The minimum Gasteiger partial charge on any atom is -0.482 e. The number of rotatable bonds is 9. The molecule has 4 atom stereocenters. The first-order valence-corrected chi connectivity index (χ1v) is 13.3. The second-order valence-corrected chi connectivity index (χ2v) is 10.8. The molecule has 3 aromatic carbocycles.